The number of rotatable bonds is 6. The van der Waals surface area contributed by atoms with Crippen LogP contribution in [0.1, 0.15) is 41.4 Å². The quantitative estimate of drug-likeness (QED) is 0.608. The Bertz CT molecular complexity index is 1090. The Morgan fingerprint density at radius 3 is 2.57 bits per heavy atom. The fourth-order valence-corrected chi connectivity index (χ4v) is 3.72. The van der Waals surface area contributed by atoms with Crippen molar-refractivity contribution in [2.45, 2.75) is 19.8 Å². The Kier molecular flexibility index (Phi) is 6.65. The third-order valence-corrected chi connectivity index (χ3v) is 5.59. The van der Waals surface area contributed by atoms with Crippen molar-refractivity contribution in [1.82, 2.24) is 10.3 Å². The van der Waals surface area contributed by atoms with Crippen molar-refractivity contribution in [1.29, 1.82) is 0 Å². The minimum Gasteiger partial charge on any atom is -0.358 e. The first kappa shape index (κ1) is 21.3. The normalized spacial score (nSPS) is 10.5. The summed E-state index contributed by atoms with van der Waals surface area (Å²) in [4.78, 5) is 31.2. The largest absolute Gasteiger partial charge is 0.358 e. The number of hydrogen-bond acceptors (Lipinski definition) is 4. The van der Waals surface area contributed by atoms with E-state index in [0.717, 1.165) is 10.6 Å². The Morgan fingerprint density at radius 1 is 1.20 bits per heavy atom. The van der Waals surface area contributed by atoms with Gasteiger partial charge in [-0.15, -0.1) is 17.8 Å². The minimum atomic E-state index is -0.353. The van der Waals surface area contributed by atoms with Gasteiger partial charge in [0.05, 0.1) is 0 Å². The maximum absolute atomic E-state index is 13.2. The fraction of sp³-hybridized carbons (Fsp3) is 0.208. The Balaban J connectivity index is 1.91. The van der Waals surface area contributed by atoms with Crippen molar-refractivity contribution < 1.29 is 9.59 Å². The Morgan fingerprint density at radius 2 is 1.93 bits per heavy atom. The van der Waals surface area contributed by atoms with Crippen LogP contribution in [0, 0.1) is 12.3 Å². The summed E-state index contributed by atoms with van der Waals surface area (Å²) in [5.74, 6) is 2.37. The van der Waals surface area contributed by atoms with Gasteiger partial charge in [-0.2, -0.15) is 0 Å². The first-order valence-corrected chi connectivity index (χ1v) is 10.5. The molecular weight excluding hydrogens is 394 g/mol. The lowest BCUT2D eigenvalue weighted by atomic mass is 10.0. The van der Waals surface area contributed by atoms with Gasteiger partial charge in [0.15, 0.2) is 0 Å². The molecule has 0 bridgehead atoms. The highest BCUT2D eigenvalue weighted by Crippen LogP contribution is 2.27. The van der Waals surface area contributed by atoms with Gasteiger partial charge in [0.2, 0.25) is 5.91 Å². The summed E-state index contributed by atoms with van der Waals surface area (Å²) in [6.45, 7) is 4.16. The molecule has 0 aliphatic heterocycles. The van der Waals surface area contributed by atoms with Crippen molar-refractivity contribution in [2.24, 2.45) is 0 Å². The maximum Gasteiger partial charge on any atom is 0.278 e. The molecule has 152 valence electrons. The van der Waals surface area contributed by atoms with E-state index >= 15 is 0 Å². The zero-order valence-electron chi connectivity index (χ0n) is 17.2. The molecule has 0 spiro atoms. The molecule has 3 aromatic rings. The SMILES string of the molecule is C#Cc1cccc(N(CC(=O)NC)C(=O)c2csc(-c3ccc(C(C)C)cc3)n2)c1. The molecule has 0 unspecified atom stereocenters. The van der Waals surface area contributed by atoms with E-state index in [-0.39, 0.29) is 24.1 Å². The summed E-state index contributed by atoms with van der Waals surface area (Å²) in [6, 6.07) is 15.2. The number of anilines is 1. The van der Waals surface area contributed by atoms with E-state index < -0.39 is 0 Å². The number of hydrogen-bond donors (Lipinski definition) is 1. The number of carbonyl (C=O) groups excluding carboxylic acids is 2. The van der Waals surface area contributed by atoms with Gasteiger partial charge >= 0.3 is 0 Å². The molecular formula is C24H23N3O2S. The molecule has 0 aliphatic rings. The monoisotopic (exact) mass is 417 g/mol. The summed E-state index contributed by atoms with van der Waals surface area (Å²) in [7, 11) is 1.53. The minimum absolute atomic E-state index is 0.126. The van der Waals surface area contributed by atoms with E-state index in [1.165, 1.54) is 28.8 Å². The Hall–Kier alpha value is -3.43. The van der Waals surface area contributed by atoms with E-state index in [1.807, 2.05) is 12.1 Å². The first-order valence-electron chi connectivity index (χ1n) is 9.58. The van der Waals surface area contributed by atoms with Crippen LogP contribution in [0.25, 0.3) is 10.6 Å². The van der Waals surface area contributed by atoms with Crippen LogP contribution < -0.4 is 10.2 Å². The lowest BCUT2D eigenvalue weighted by Crippen LogP contribution is -2.40. The number of amides is 2. The number of terminal acetylenes is 1. The Labute approximate surface area is 180 Å². The number of benzene rings is 2. The highest BCUT2D eigenvalue weighted by atomic mass is 32.1. The highest BCUT2D eigenvalue weighted by Gasteiger charge is 2.23. The predicted octanol–water partition coefficient (Wildman–Crippen LogP) is 4.31. The van der Waals surface area contributed by atoms with E-state index in [2.05, 4.69) is 42.2 Å². The third kappa shape index (κ3) is 4.76. The molecule has 0 aliphatic carbocycles. The van der Waals surface area contributed by atoms with Gasteiger partial charge in [0, 0.05) is 29.2 Å². The van der Waals surface area contributed by atoms with Gasteiger partial charge in [-0.1, -0.05) is 50.1 Å². The smallest absolute Gasteiger partial charge is 0.278 e. The lowest BCUT2D eigenvalue weighted by molar-refractivity contribution is -0.119. The van der Waals surface area contributed by atoms with Crippen molar-refractivity contribution in [3.05, 3.63) is 70.7 Å². The van der Waals surface area contributed by atoms with Gasteiger partial charge < -0.3 is 5.32 Å². The zero-order chi connectivity index (χ0) is 21.7. The molecule has 30 heavy (non-hydrogen) atoms. The molecule has 0 atom stereocenters. The van der Waals surface area contributed by atoms with Gasteiger partial charge in [0.25, 0.3) is 5.91 Å². The molecule has 5 nitrogen and oxygen atoms in total. The van der Waals surface area contributed by atoms with Crippen LogP contribution in [0.4, 0.5) is 5.69 Å². The summed E-state index contributed by atoms with van der Waals surface area (Å²) in [6.07, 6.45) is 5.49. The number of likely N-dealkylation sites (N-methyl/N-ethyl adjacent to an activating group) is 1. The van der Waals surface area contributed by atoms with Crippen molar-refractivity contribution in [3.63, 3.8) is 0 Å². The van der Waals surface area contributed by atoms with E-state index in [1.54, 1.807) is 29.6 Å². The van der Waals surface area contributed by atoms with Crippen LogP contribution in [0.5, 0.6) is 0 Å². The van der Waals surface area contributed by atoms with Crippen LogP contribution in [0.3, 0.4) is 0 Å². The molecule has 1 aromatic heterocycles. The van der Waals surface area contributed by atoms with Crippen LogP contribution >= 0.6 is 11.3 Å². The maximum atomic E-state index is 13.2. The summed E-state index contributed by atoms with van der Waals surface area (Å²) in [5, 5.41) is 5.03. The second kappa shape index (κ2) is 9.38. The molecule has 6 heteroatoms. The topological polar surface area (TPSA) is 62.3 Å². The van der Waals surface area contributed by atoms with E-state index in [4.69, 9.17) is 6.42 Å². The lowest BCUT2D eigenvalue weighted by Gasteiger charge is -2.21. The molecule has 0 fully saturated rings. The number of nitrogens with one attached hydrogen (secondary N) is 1. The van der Waals surface area contributed by atoms with Crippen molar-refractivity contribution >= 4 is 28.8 Å². The molecule has 3 rings (SSSR count). The van der Waals surface area contributed by atoms with Crippen LogP contribution in [0.2, 0.25) is 0 Å². The molecule has 0 saturated heterocycles. The highest BCUT2D eigenvalue weighted by molar-refractivity contribution is 7.13. The van der Waals surface area contributed by atoms with Crippen LogP contribution in [0.15, 0.2) is 53.9 Å². The summed E-state index contributed by atoms with van der Waals surface area (Å²) in [5.41, 5.74) is 3.67. The molecule has 0 saturated carbocycles. The van der Waals surface area contributed by atoms with Crippen LogP contribution in [-0.2, 0) is 4.79 Å². The van der Waals surface area contributed by atoms with Crippen molar-refractivity contribution in [3.8, 4) is 22.9 Å². The van der Waals surface area contributed by atoms with E-state index in [9.17, 15) is 9.59 Å². The molecule has 1 heterocycles. The van der Waals surface area contributed by atoms with E-state index in [0.29, 0.717) is 17.2 Å². The predicted molar refractivity (Wildman–Crippen MR) is 122 cm³/mol. The average Bonchev–Trinajstić information content (AvgIpc) is 3.27. The zero-order valence-corrected chi connectivity index (χ0v) is 18.0. The third-order valence-electron chi connectivity index (χ3n) is 4.70. The van der Waals surface area contributed by atoms with Crippen molar-refractivity contribution in [2.75, 3.05) is 18.5 Å². The number of nitrogens with zero attached hydrogens (tertiary/aromatic N) is 2. The average molecular weight is 418 g/mol. The van der Waals surface area contributed by atoms with Gasteiger partial charge in [-0.25, -0.2) is 4.98 Å². The first-order chi connectivity index (χ1) is 14.4. The summed E-state index contributed by atoms with van der Waals surface area (Å²) < 4.78 is 0. The molecule has 2 aromatic carbocycles. The molecule has 2 amide bonds. The fourth-order valence-electron chi connectivity index (χ4n) is 2.92. The molecule has 0 radical (unpaired) electrons. The second-order valence-corrected chi connectivity index (χ2v) is 7.93. The second-order valence-electron chi connectivity index (χ2n) is 7.07. The number of thiazole rings is 1. The summed E-state index contributed by atoms with van der Waals surface area (Å²) >= 11 is 1.40. The number of carbonyl (C=O) groups is 2. The standard InChI is InChI=1S/C24H23N3O2S/c1-5-17-7-6-8-20(13-17)27(14-22(28)25-4)24(29)21-15-30-23(26-21)19-11-9-18(10-12-19)16(2)3/h1,6-13,15-16H,14H2,2-4H3,(H,25,28). The number of aromatic nitrogens is 1. The molecule has 1 N–H and O–H groups in total. The van der Waals surface area contributed by atoms with Gasteiger partial charge in [0.1, 0.15) is 17.2 Å². The van der Waals surface area contributed by atoms with Gasteiger partial charge in [-0.3, -0.25) is 14.5 Å². The van der Waals surface area contributed by atoms with Crippen LogP contribution in [-0.4, -0.2) is 30.4 Å². The van der Waals surface area contributed by atoms with Gasteiger partial charge in [-0.05, 0) is 29.7 Å².